The van der Waals surface area contributed by atoms with E-state index < -0.39 is 47.4 Å². The second-order valence-electron chi connectivity index (χ2n) is 9.76. The number of rotatable bonds is 5. The van der Waals surface area contributed by atoms with Crippen LogP contribution in [0.25, 0.3) is 22.6 Å². The summed E-state index contributed by atoms with van der Waals surface area (Å²) in [6, 6.07) is 3.48. The van der Waals surface area contributed by atoms with Crippen LogP contribution in [0.1, 0.15) is 37.3 Å². The number of carbonyl (C=O) groups excluding carboxylic acids is 4. The van der Waals surface area contributed by atoms with Crippen molar-refractivity contribution in [1.82, 2.24) is 35.2 Å². The lowest BCUT2D eigenvalue weighted by Gasteiger charge is -2.29. The average Bonchev–Trinajstić information content (AvgIpc) is 3.51. The molecule has 12 nitrogen and oxygen atoms in total. The van der Waals surface area contributed by atoms with E-state index in [1.165, 1.54) is 18.2 Å². The molecular formula is C26H19F4N7O5. The highest BCUT2D eigenvalue weighted by molar-refractivity contribution is 6.21. The molecule has 0 bridgehead atoms. The van der Waals surface area contributed by atoms with Gasteiger partial charge in [-0.2, -0.15) is 18.2 Å². The van der Waals surface area contributed by atoms with Gasteiger partial charge in [-0.05, 0) is 37.5 Å². The van der Waals surface area contributed by atoms with Crippen LogP contribution in [0, 0.1) is 5.82 Å². The van der Waals surface area contributed by atoms with E-state index in [0.29, 0.717) is 31.8 Å². The minimum Gasteiger partial charge on any atom is -0.357 e. The van der Waals surface area contributed by atoms with Crippen molar-refractivity contribution in [1.29, 1.82) is 0 Å². The average molecular weight is 585 g/mol. The van der Waals surface area contributed by atoms with E-state index in [0.717, 1.165) is 4.90 Å². The Labute approximate surface area is 233 Å². The van der Waals surface area contributed by atoms with Crippen LogP contribution < -0.4 is 5.32 Å². The molecule has 1 aromatic carbocycles. The molecule has 3 aliphatic rings. The van der Waals surface area contributed by atoms with Crippen molar-refractivity contribution in [2.75, 3.05) is 6.54 Å². The van der Waals surface area contributed by atoms with Gasteiger partial charge < -0.3 is 9.42 Å². The number of hydrogen-bond donors (Lipinski definition) is 1. The van der Waals surface area contributed by atoms with E-state index in [2.05, 4.69) is 25.4 Å². The summed E-state index contributed by atoms with van der Waals surface area (Å²) in [4.78, 5) is 64.0. The van der Waals surface area contributed by atoms with Crippen molar-refractivity contribution >= 4 is 23.6 Å². The first-order valence-electron chi connectivity index (χ1n) is 12.7. The predicted octanol–water partition coefficient (Wildman–Crippen LogP) is 2.38. The van der Waals surface area contributed by atoms with Gasteiger partial charge in [-0.1, -0.05) is 11.2 Å². The Morgan fingerprint density at radius 3 is 2.60 bits per heavy atom. The van der Waals surface area contributed by atoms with Crippen molar-refractivity contribution in [2.24, 2.45) is 0 Å². The molecule has 0 aliphatic carbocycles. The van der Waals surface area contributed by atoms with Gasteiger partial charge in [0.1, 0.15) is 29.6 Å². The van der Waals surface area contributed by atoms with Gasteiger partial charge in [-0.15, -0.1) is 0 Å². The fraction of sp³-hybridized carbons (Fsp3) is 0.308. The maximum absolute atomic E-state index is 15.5. The summed E-state index contributed by atoms with van der Waals surface area (Å²) in [5.41, 5.74) is -1.60. The second-order valence-corrected chi connectivity index (χ2v) is 9.76. The molecule has 0 spiro atoms. The van der Waals surface area contributed by atoms with Crippen LogP contribution in [0.5, 0.6) is 0 Å². The number of nitrogens with zero attached hydrogens (tertiary/aromatic N) is 6. The van der Waals surface area contributed by atoms with Crippen LogP contribution in [-0.2, 0) is 31.9 Å². The molecule has 0 saturated carbocycles. The molecule has 16 heteroatoms. The third kappa shape index (κ3) is 4.67. The quantitative estimate of drug-likeness (QED) is 0.349. The normalized spacial score (nSPS) is 19.5. The number of imide groups is 2. The minimum atomic E-state index is -4.75. The van der Waals surface area contributed by atoms with Crippen LogP contribution >= 0.6 is 0 Å². The number of halogens is 4. The third-order valence-corrected chi connectivity index (χ3v) is 7.14. The minimum absolute atomic E-state index is 0.00884. The zero-order valence-electron chi connectivity index (χ0n) is 21.4. The summed E-state index contributed by atoms with van der Waals surface area (Å²) in [5.74, 6) is -3.63. The molecule has 1 atom stereocenters. The molecule has 2 aromatic heterocycles. The van der Waals surface area contributed by atoms with Crippen LogP contribution in [0.15, 0.2) is 46.4 Å². The number of amides is 4. The highest BCUT2D eigenvalue weighted by Crippen LogP contribution is 2.36. The summed E-state index contributed by atoms with van der Waals surface area (Å²) >= 11 is 0. The second kappa shape index (κ2) is 10.1. The standard InChI is InChI=1S/C26H19F4N7O5/c27-20-12(15-9-17(26(28,29)30)32-11-31-15)3-1-4-13(20)22-34-19(42-35-22)10-36-8-2-5-14-21(36)25(41)37(24(14)40)16-6-7-18(38)33-23(16)39/h1,3-4,9,11,16H,2,5-8,10H2,(H,33,38,39). The van der Waals surface area contributed by atoms with Crippen LogP contribution in [0.4, 0.5) is 17.6 Å². The Balaban J connectivity index is 1.24. The van der Waals surface area contributed by atoms with Crippen LogP contribution in [-0.4, -0.2) is 66.1 Å². The number of alkyl halides is 3. The molecule has 6 rings (SSSR count). The monoisotopic (exact) mass is 585 g/mol. The molecular weight excluding hydrogens is 566 g/mol. The van der Waals surface area contributed by atoms with Gasteiger partial charge in [-0.25, -0.2) is 14.4 Å². The Morgan fingerprint density at radius 2 is 1.83 bits per heavy atom. The molecule has 0 radical (unpaired) electrons. The van der Waals surface area contributed by atoms with Gasteiger partial charge in [0.25, 0.3) is 11.8 Å². The van der Waals surface area contributed by atoms with Gasteiger partial charge in [0.2, 0.25) is 23.5 Å². The summed E-state index contributed by atoms with van der Waals surface area (Å²) in [7, 11) is 0. The summed E-state index contributed by atoms with van der Waals surface area (Å²) in [6.07, 6.45) is -3.22. The fourth-order valence-electron chi connectivity index (χ4n) is 5.22. The molecule has 1 saturated heterocycles. The van der Waals surface area contributed by atoms with Crippen molar-refractivity contribution in [2.45, 2.75) is 44.4 Å². The molecule has 4 amide bonds. The molecule has 1 N–H and O–H groups in total. The van der Waals surface area contributed by atoms with E-state index >= 15 is 4.39 Å². The number of nitrogens with one attached hydrogen (secondary N) is 1. The van der Waals surface area contributed by atoms with E-state index in [-0.39, 0.29) is 59.2 Å². The van der Waals surface area contributed by atoms with Gasteiger partial charge in [-0.3, -0.25) is 29.4 Å². The lowest BCUT2D eigenvalue weighted by molar-refractivity contribution is -0.150. The molecule has 3 aromatic rings. The Bertz CT molecular complexity index is 1690. The Hall–Kier alpha value is -5.02. The van der Waals surface area contributed by atoms with Crippen molar-refractivity contribution in [3.8, 4) is 22.6 Å². The molecule has 5 heterocycles. The summed E-state index contributed by atoms with van der Waals surface area (Å²) < 4.78 is 60.1. The van der Waals surface area contributed by atoms with E-state index in [4.69, 9.17) is 4.52 Å². The first-order valence-corrected chi connectivity index (χ1v) is 12.7. The maximum atomic E-state index is 15.5. The molecule has 1 fully saturated rings. The van der Waals surface area contributed by atoms with E-state index in [1.807, 2.05) is 0 Å². The zero-order valence-corrected chi connectivity index (χ0v) is 21.4. The highest BCUT2D eigenvalue weighted by Gasteiger charge is 2.48. The topological polar surface area (TPSA) is 151 Å². The first-order chi connectivity index (χ1) is 20.0. The van der Waals surface area contributed by atoms with E-state index in [9.17, 15) is 32.3 Å². The highest BCUT2D eigenvalue weighted by atomic mass is 19.4. The first kappa shape index (κ1) is 27.2. The molecule has 216 valence electrons. The van der Waals surface area contributed by atoms with E-state index in [1.54, 1.807) is 4.90 Å². The van der Waals surface area contributed by atoms with Crippen molar-refractivity contribution in [3.05, 3.63) is 59.3 Å². The largest absolute Gasteiger partial charge is 0.433 e. The predicted molar refractivity (Wildman–Crippen MR) is 130 cm³/mol. The fourth-order valence-corrected chi connectivity index (χ4v) is 5.22. The Kier molecular flexibility index (Phi) is 6.54. The number of aromatic nitrogens is 4. The van der Waals surface area contributed by atoms with Gasteiger partial charge >= 0.3 is 6.18 Å². The number of carbonyl (C=O) groups is 4. The summed E-state index contributed by atoms with van der Waals surface area (Å²) in [6.45, 7) is 0.230. The zero-order chi connectivity index (χ0) is 29.8. The maximum Gasteiger partial charge on any atom is 0.433 e. The van der Waals surface area contributed by atoms with Crippen LogP contribution in [0.2, 0.25) is 0 Å². The lowest BCUT2D eigenvalue weighted by Crippen LogP contribution is -2.55. The summed E-state index contributed by atoms with van der Waals surface area (Å²) in [5, 5.41) is 5.95. The SMILES string of the molecule is O=C1CCC(N2C(=O)C3=C(C2=O)N(Cc2nc(-c4cccc(-c5cc(C(F)(F)F)ncn5)c4F)no2)CCC3)C(=O)N1. The van der Waals surface area contributed by atoms with Crippen LogP contribution in [0.3, 0.4) is 0 Å². The Morgan fingerprint density at radius 1 is 1.05 bits per heavy atom. The number of hydrogen-bond acceptors (Lipinski definition) is 10. The molecule has 3 aliphatic heterocycles. The lowest BCUT2D eigenvalue weighted by atomic mass is 10.0. The van der Waals surface area contributed by atoms with Gasteiger partial charge in [0.15, 0.2) is 0 Å². The smallest absolute Gasteiger partial charge is 0.357 e. The van der Waals surface area contributed by atoms with Crippen molar-refractivity contribution < 1.29 is 41.3 Å². The third-order valence-electron chi connectivity index (χ3n) is 7.14. The number of benzene rings is 1. The van der Waals surface area contributed by atoms with Gasteiger partial charge in [0, 0.05) is 24.1 Å². The molecule has 1 unspecified atom stereocenters. The molecule has 42 heavy (non-hydrogen) atoms. The van der Waals surface area contributed by atoms with Crippen molar-refractivity contribution in [3.63, 3.8) is 0 Å². The number of piperidine rings is 1. The van der Waals surface area contributed by atoms with Gasteiger partial charge in [0.05, 0.1) is 17.8 Å².